The first-order chi connectivity index (χ1) is 17.6. The molecule has 0 aromatic carbocycles. The molecule has 2 unspecified atom stereocenters. The van der Waals surface area contributed by atoms with Gasteiger partial charge in [0.25, 0.3) is 5.91 Å². The fraction of sp³-hybridized carbons (Fsp3) is 0.938. The fourth-order valence-electron chi connectivity index (χ4n) is 3.00. The lowest BCUT2D eigenvalue weighted by Crippen LogP contribution is -2.91. The molecule has 0 aromatic heterocycles. The quantitative estimate of drug-likeness (QED) is 0.0808. The molecule has 1 aliphatic heterocycles. The summed E-state index contributed by atoms with van der Waals surface area (Å²) in [5.41, 5.74) is -8.53. The van der Waals surface area contributed by atoms with E-state index in [-0.39, 0.29) is 17.4 Å². The summed E-state index contributed by atoms with van der Waals surface area (Å²) in [5.74, 6) is -43.6. The SMILES string of the molecule is COS(=O)(=O)[O-].C[N+](C)(C)CCCNC(=O)C(F)(F)C(F)(F)C1(F)C(F)(F)C(F)(F)C(F)(F)N(F)C1(F)C(F)(F)F. The third-order valence-corrected chi connectivity index (χ3v) is 5.57. The second-order valence-corrected chi connectivity index (χ2v) is 10.2. The maximum Gasteiger partial charge on any atom is 0.443 e. The number of carbonyl (C=O) groups is 1. The van der Waals surface area contributed by atoms with Gasteiger partial charge in [-0.3, -0.25) is 8.98 Å². The van der Waals surface area contributed by atoms with Crippen LogP contribution in [-0.2, 0) is 19.4 Å². The van der Waals surface area contributed by atoms with Gasteiger partial charge in [0.15, 0.2) is 0 Å². The zero-order valence-electron chi connectivity index (χ0n) is 20.5. The van der Waals surface area contributed by atoms with Crippen molar-refractivity contribution in [3.05, 3.63) is 0 Å². The second-order valence-electron chi connectivity index (χ2n) is 9.10. The molecule has 0 aliphatic carbocycles. The van der Waals surface area contributed by atoms with E-state index in [1.807, 2.05) is 0 Å². The molecule has 0 bridgehead atoms. The number of hydrogen-bond acceptors (Lipinski definition) is 6. The lowest BCUT2D eigenvalue weighted by Gasteiger charge is -2.56. The largest absolute Gasteiger partial charge is 0.726 e. The van der Waals surface area contributed by atoms with Gasteiger partial charge in [-0.2, -0.15) is 57.1 Å². The fourth-order valence-corrected chi connectivity index (χ4v) is 3.00. The molecule has 1 N–H and O–H groups in total. The predicted molar refractivity (Wildman–Crippen MR) is 98.6 cm³/mol. The highest BCUT2D eigenvalue weighted by Gasteiger charge is 3.05. The van der Waals surface area contributed by atoms with Gasteiger partial charge in [0.05, 0.1) is 34.8 Å². The van der Waals surface area contributed by atoms with Gasteiger partial charge >= 0.3 is 47.4 Å². The molecule has 1 rings (SSSR count). The Morgan fingerprint density at radius 1 is 0.902 bits per heavy atom. The van der Waals surface area contributed by atoms with Crippen LogP contribution >= 0.6 is 0 Å². The van der Waals surface area contributed by atoms with E-state index in [9.17, 15) is 88.1 Å². The van der Waals surface area contributed by atoms with Gasteiger partial charge in [0.1, 0.15) is 0 Å². The third kappa shape index (κ3) is 6.13. The Hall–Kier alpha value is -1.86. The van der Waals surface area contributed by atoms with Crippen molar-refractivity contribution in [2.24, 2.45) is 0 Å². The summed E-state index contributed by atoms with van der Waals surface area (Å²) in [6.45, 7) is -1.08. The van der Waals surface area contributed by atoms with Crippen LogP contribution in [-0.4, -0.2) is 117 Å². The first kappa shape index (κ1) is 39.1. The molecule has 1 aliphatic rings. The molecule has 2 atom stereocenters. The average molecular weight is 669 g/mol. The van der Waals surface area contributed by atoms with Crippen LogP contribution in [0.15, 0.2) is 0 Å². The molecule has 1 saturated heterocycles. The molecular weight excluding hydrogens is 650 g/mol. The Balaban J connectivity index is 0.00000239. The minimum Gasteiger partial charge on any atom is -0.726 e. The van der Waals surface area contributed by atoms with Crippen LogP contribution in [0.4, 0.5) is 70.3 Å². The van der Waals surface area contributed by atoms with Gasteiger partial charge in [0, 0.05) is 13.0 Å². The van der Waals surface area contributed by atoms with Crippen molar-refractivity contribution >= 4 is 16.3 Å². The minimum atomic E-state index is -8.53. The van der Waals surface area contributed by atoms with E-state index < -0.39 is 75.3 Å². The number of alkyl halides is 15. The maximum absolute atomic E-state index is 14.8. The average Bonchev–Trinajstić information content (AvgIpc) is 2.77. The van der Waals surface area contributed by atoms with Gasteiger partial charge in [-0.25, -0.2) is 17.2 Å². The molecule has 41 heavy (non-hydrogen) atoms. The van der Waals surface area contributed by atoms with Gasteiger partial charge in [-0.1, -0.05) is 0 Å². The molecule has 1 amide bonds. The molecule has 0 aromatic rings. The second kappa shape index (κ2) is 11.0. The van der Waals surface area contributed by atoms with Gasteiger partial charge < -0.3 is 14.4 Å². The van der Waals surface area contributed by atoms with Crippen LogP contribution in [0, 0.1) is 0 Å². The van der Waals surface area contributed by atoms with Gasteiger partial charge in [-0.15, -0.1) is 4.48 Å². The van der Waals surface area contributed by atoms with Crippen molar-refractivity contribution in [2.45, 2.75) is 53.8 Å². The number of nitrogens with one attached hydrogen (secondary N) is 1. The Bertz CT molecular complexity index is 1060. The number of halogens is 16. The zero-order chi connectivity index (χ0) is 33.7. The van der Waals surface area contributed by atoms with Crippen molar-refractivity contribution in [1.82, 2.24) is 10.4 Å². The third-order valence-electron chi connectivity index (χ3n) is 5.16. The van der Waals surface area contributed by atoms with Gasteiger partial charge in [0.2, 0.25) is 10.4 Å². The predicted octanol–water partition coefficient (Wildman–Crippen LogP) is 3.56. The van der Waals surface area contributed by atoms with Crippen molar-refractivity contribution in [3.8, 4) is 0 Å². The van der Waals surface area contributed by atoms with E-state index in [2.05, 4.69) is 4.18 Å². The summed E-state index contributed by atoms with van der Waals surface area (Å²) >= 11 is 0. The Morgan fingerprint density at radius 3 is 1.61 bits per heavy atom. The highest BCUT2D eigenvalue weighted by molar-refractivity contribution is 7.80. The zero-order valence-corrected chi connectivity index (χ0v) is 21.3. The maximum atomic E-state index is 14.8. The Morgan fingerprint density at radius 2 is 1.29 bits per heavy atom. The number of quaternary nitrogens is 1. The van der Waals surface area contributed by atoms with Gasteiger partial charge in [-0.05, 0) is 5.12 Å². The normalized spacial score (nSPS) is 27.0. The molecule has 0 saturated carbocycles. The topological polar surface area (TPSA) is 98.8 Å². The lowest BCUT2D eigenvalue weighted by molar-refractivity contribution is -0.870. The number of piperidine rings is 1. The number of nitrogens with zero attached hydrogens (tertiary/aromatic N) is 2. The number of amides is 1. The van der Waals surface area contributed by atoms with Crippen LogP contribution in [0.5, 0.6) is 0 Å². The number of carbonyl (C=O) groups excluding carboxylic acids is 1. The molecule has 8 nitrogen and oxygen atoms in total. The van der Waals surface area contributed by atoms with Crippen LogP contribution in [0.25, 0.3) is 0 Å². The van der Waals surface area contributed by atoms with Crippen molar-refractivity contribution in [2.75, 3.05) is 41.3 Å². The number of rotatable bonds is 8. The van der Waals surface area contributed by atoms with E-state index in [4.69, 9.17) is 0 Å². The minimum absolute atomic E-state index is 0.0207. The molecule has 0 radical (unpaired) electrons. The van der Waals surface area contributed by atoms with E-state index in [1.54, 1.807) is 0 Å². The van der Waals surface area contributed by atoms with E-state index in [0.29, 0.717) is 0 Å². The molecule has 25 heteroatoms. The summed E-state index contributed by atoms with van der Waals surface area (Å²) in [6.07, 6.45) is -8.41. The summed E-state index contributed by atoms with van der Waals surface area (Å²) in [7, 11) is 0.852. The molecule has 0 spiro atoms. The van der Waals surface area contributed by atoms with Crippen LogP contribution < -0.4 is 5.32 Å². The first-order valence-electron chi connectivity index (χ1n) is 9.99. The van der Waals surface area contributed by atoms with E-state index >= 15 is 0 Å². The van der Waals surface area contributed by atoms with E-state index in [0.717, 1.165) is 12.4 Å². The highest BCUT2D eigenvalue weighted by atomic mass is 32.3. The van der Waals surface area contributed by atoms with Crippen molar-refractivity contribution in [1.29, 1.82) is 0 Å². The van der Waals surface area contributed by atoms with Crippen molar-refractivity contribution < 1.29 is 96.8 Å². The summed E-state index contributed by atoms with van der Waals surface area (Å²) in [5, 5.41) is -3.51. The monoisotopic (exact) mass is 669 g/mol. The molecule has 1 heterocycles. The summed E-state index contributed by atoms with van der Waals surface area (Å²) < 4.78 is 251. The smallest absolute Gasteiger partial charge is 0.443 e. The van der Waals surface area contributed by atoms with Crippen LogP contribution in [0.2, 0.25) is 0 Å². The van der Waals surface area contributed by atoms with Crippen molar-refractivity contribution in [3.63, 3.8) is 0 Å². The van der Waals surface area contributed by atoms with Crippen LogP contribution in [0.1, 0.15) is 6.42 Å². The molecular formula is C16H19F16N3O5S. The standard InChI is InChI=1S/C15H15F16N3O.CH4O4S/c1-34(2,3)6-4-5-32-7(35)8(16,17)10(19,20)9(18)11(21,22)12(23,24)15(29,30)33(31)13(9,25)14(26,27)28;1-5-6(2,3)4/h4-6H2,1-3H3;1H3,(H,2,3,4). The highest BCUT2D eigenvalue weighted by Crippen LogP contribution is 2.71. The Labute approximate surface area is 219 Å². The van der Waals surface area contributed by atoms with E-state index in [1.165, 1.54) is 21.1 Å². The first-order valence-corrected chi connectivity index (χ1v) is 11.3. The Kier molecular flexibility index (Phi) is 10.5. The summed E-state index contributed by atoms with van der Waals surface area (Å²) in [6, 6.07) is -7.70. The van der Waals surface area contributed by atoms with Crippen LogP contribution in [0.3, 0.4) is 0 Å². The molecule has 246 valence electrons. The number of hydrogen-bond donors (Lipinski definition) is 1. The lowest BCUT2D eigenvalue weighted by atomic mass is 9.71. The molecule has 1 fully saturated rings. The summed E-state index contributed by atoms with van der Waals surface area (Å²) in [4.78, 5) is 11.5.